The average Bonchev–Trinajstić information content (AvgIpc) is 2.38. The van der Waals surface area contributed by atoms with Crippen LogP contribution in [0.4, 0.5) is 0 Å². The van der Waals surface area contributed by atoms with Crippen molar-refractivity contribution in [3.63, 3.8) is 0 Å². The fourth-order valence-corrected chi connectivity index (χ4v) is 4.00. The van der Waals surface area contributed by atoms with Gasteiger partial charge >= 0.3 is 103 Å². The molecule has 0 saturated heterocycles. The second kappa shape index (κ2) is 6.03. The Labute approximate surface area is 103 Å². The minimum atomic E-state index is 0.204. The molecule has 0 aliphatic heterocycles. The summed E-state index contributed by atoms with van der Waals surface area (Å²) in [7, 11) is 0. The molecule has 1 aromatic rings. The predicted molar refractivity (Wildman–Crippen MR) is 68.0 cm³/mol. The number of hydrogen-bond donors (Lipinski definition) is 0. The zero-order valence-electron chi connectivity index (χ0n) is 9.32. The first kappa shape index (κ1) is 11.6. The van der Waals surface area contributed by atoms with Crippen LogP contribution in [0.2, 0.25) is 0 Å². The quantitative estimate of drug-likeness (QED) is 0.472. The predicted octanol–water partition coefficient (Wildman–Crippen LogP) is 2.43. The molecule has 1 aliphatic carbocycles. The van der Waals surface area contributed by atoms with Gasteiger partial charge in [0.05, 0.1) is 0 Å². The number of benzene rings is 1. The van der Waals surface area contributed by atoms with Gasteiger partial charge in [-0.25, -0.2) is 0 Å². The van der Waals surface area contributed by atoms with Crippen LogP contribution in [0.3, 0.4) is 0 Å². The van der Waals surface area contributed by atoms with E-state index in [1.807, 2.05) is 18.2 Å². The zero-order valence-corrected chi connectivity index (χ0v) is 11.0. The number of carbonyl (C=O) groups excluding carboxylic acids is 1. The Kier molecular flexibility index (Phi) is 4.38. The number of hydrogen-bond acceptors (Lipinski definition) is 1. The van der Waals surface area contributed by atoms with E-state index in [-0.39, 0.29) is 15.0 Å². The van der Waals surface area contributed by atoms with Crippen LogP contribution in [0.25, 0.3) is 0 Å². The number of carbonyl (C=O) groups is 1. The number of allylic oxidation sites excluding steroid dienone is 2. The topological polar surface area (TPSA) is 17.1 Å². The van der Waals surface area contributed by atoms with E-state index >= 15 is 0 Å². The van der Waals surface area contributed by atoms with Crippen molar-refractivity contribution >= 4 is 25.7 Å². The van der Waals surface area contributed by atoms with Gasteiger partial charge in [0.15, 0.2) is 0 Å². The molecule has 0 N–H and O–H groups in total. The molecule has 0 heterocycles. The van der Waals surface area contributed by atoms with Crippen LogP contribution in [0.1, 0.15) is 32.1 Å². The molecule has 0 unspecified atom stereocenters. The molecule has 1 fully saturated rings. The van der Waals surface area contributed by atoms with Gasteiger partial charge in [0.1, 0.15) is 0 Å². The van der Waals surface area contributed by atoms with Gasteiger partial charge < -0.3 is 0 Å². The monoisotopic (exact) mass is 280 g/mol. The molecule has 0 bridgehead atoms. The Morgan fingerprint density at radius 3 is 2.38 bits per heavy atom. The van der Waals surface area contributed by atoms with Crippen LogP contribution in [-0.4, -0.2) is 21.2 Å². The molecule has 0 amide bonds. The molecule has 2 rings (SSSR count). The summed E-state index contributed by atoms with van der Waals surface area (Å²) in [5.74, 6) is 0. The van der Waals surface area contributed by atoms with Crippen molar-refractivity contribution in [2.45, 2.75) is 32.1 Å². The van der Waals surface area contributed by atoms with Crippen LogP contribution in [0.5, 0.6) is 0 Å². The van der Waals surface area contributed by atoms with E-state index in [1.165, 1.54) is 29.3 Å². The first-order valence-electron chi connectivity index (χ1n) is 5.80. The molecule has 1 saturated carbocycles. The minimum absolute atomic E-state index is 0.204. The van der Waals surface area contributed by atoms with Crippen LogP contribution in [0, 0.1) is 0 Å². The molecule has 84 valence electrons. The van der Waals surface area contributed by atoms with E-state index < -0.39 is 0 Å². The van der Waals surface area contributed by atoms with Crippen molar-refractivity contribution in [1.29, 1.82) is 0 Å². The molecule has 2 heteroatoms. The number of rotatable bonds is 3. The van der Waals surface area contributed by atoms with Crippen molar-refractivity contribution in [2.75, 3.05) is 0 Å². The Hall–Kier alpha value is -0.851. The van der Waals surface area contributed by atoms with Crippen LogP contribution >= 0.6 is 0 Å². The summed E-state index contributed by atoms with van der Waals surface area (Å²) < 4.78 is 2.38. The Morgan fingerprint density at radius 2 is 1.75 bits per heavy atom. The van der Waals surface area contributed by atoms with E-state index in [1.54, 1.807) is 0 Å². The molecule has 1 nitrogen and oxygen atoms in total. The van der Waals surface area contributed by atoms with E-state index in [0.29, 0.717) is 0 Å². The Balaban J connectivity index is 2.13. The molecular formula is C14H16OSe. The molecular weight excluding hydrogens is 263 g/mol. The van der Waals surface area contributed by atoms with Gasteiger partial charge in [-0.3, -0.25) is 0 Å². The van der Waals surface area contributed by atoms with Gasteiger partial charge in [0.25, 0.3) is 0 Å². The average molecular weight is 279 g/mol. The molecule has 1 aromatic carbocycles. The van der Waals surface area contributed by atoms with Gasteiger partial charge in [-0.05, 0) is 0 Å². The molecule has 0 spiro atoms. The first-order valence-corrected chi connectivity index (χ1v) is 7.51. The Morgan fingerprint density at radius 1 is 1.06 bits per heavy atom. The van der Waals surface area contributed by atoms with E-state index in [0.717, 1.165) is 23.6 Å². The normalized spacial score (nSPS) is 15.9. The standard InChI is InChI=1S/C14H16OSe/c15-11-14(12-7-3-1-4-8-12)16-13-9-5-2-6-10-13/h2,5-6,9-11H,1,3-4,7-8H2. The van der Waals surface area contributed by atoms with E-state index in [9.17, 15) is 4.79 Å². The van der Waals surface area contributed by atoms with Crippen LogP contribution < -0.4 is 4.46 Å². The Bertz CT molecular complexity index is 373. The maximum absolute atomic E-state index is 11.2. The SMILES string of the molecule is O=CC([Se]c1ccccc1)=C1CCCCC1. The van der Waals surface area contributed by atoms with E-state index in [4.69, 9.17) is 0 Å². The first-order chi connectivity index (χ1) is 7.90. The van der Waals surface area contributed by atoms with Crippen LogP contribution in [-0.2, 0) is 4.79 Å². The number of aldehydes is 1. The third kappa shape index (κ3) is 3.07. The van der Waals surface area contributed by atoms with Gasteiger partial charge in [-0.15, -0.1) is 0 Å². The van der Waals surface area contributed by atoms with Crippen molar-refractivity contribution in [3.05, 3.63) is 40.4 Å². The third-order valence-electron chi connectivity index (χ3n) is 2.88. The zero-order chi connectivity index (χ0) is 11.2. The van der Waals surface area contributed by atoms with Crippen molar-refractivity contribution in [1.82, 2.24) is 0 Å². The van der Waals surface area contributed by atoms with Gasteiger partial charge in [0, 0.05) is 0 Å². The van der Waals surface area contributed by atoms with Crippen LogP contribution in [0.15, 0.2) is 40.4 Å². The summed E-state index contributed by atoms with van der Waals surface area (Å²) in [5.41, 5.74) is 1.42. The summed E-state index contributed by atoms with van der Waals surface area (Å²) in [6.45, 7) is 0. The van der Waals surface area contributed by atoms with Crippen molar-refractivity contribution < 1.29 is 4.79 Å². The maximum atomic E-state index is 11.2. The molecule has 16 heavy (non-hydrogen) atoms. The van der Waals surface area contributed by atoms with Gasteiger partial charge in [-0.2, -0.15) is 0 Å². The molecule has 0 aromatic heterocycles. The second-order valence-electron chi connectivity index (χ2n) is 4.06. The van der Waals surface area contributed by atoms with Crippen molar-refractivity contribution in [3.8, 4) is 0 Å². The third-order valence-corrected chi connectivity index (χ3v) is 5.22. The summed E-state index contributed by atoms with van der Waals surface area (Å²) in [6, 6.07) is 10.4. The van der Waals surface area contributed by atoms with Crippen molar-refractivity contribution in [2.24, 2.45) is 0 Å². The summed E-state index contributed by atoms with van der Waals surface area (Å²) in [6.07, 6.45) is 7.22. The summed E-state index contributed by atoms with van der Waals surface area (Å²) in [4.78, 5) is 11.2. The summed E-state index contributed by atoms with van der Waals surface area (Å²) >= 11 is 0.204. The molecule has 0 atom stereocenters. The second-order valence-corrected chi connectivity index (χ2v) is 6.40. The van der Waals surface area contributed by atoms with Gasteiger partial charge in [0.2, 0.25) is 0 Å². The fourth-order valence-electron chi connectivity index (χ4n) is 2.02. The van der Waals surface area contributed by atoms with Gasteiger partial charge in [-0.1, -0.05) is 0 Å². The molecule has 1 aliphatic rings. The van der Waals surface area contributed by atoms with E-state index in [2.05, 4.69) is 12.1 Å². The molecule has 0 radical (unpaired) electrons. The summed E-state index contributed by atoms with van der Waals surface area (Å²) in [5, 5.41) is 0. The fraction of sp³-hybridized carbons (Fsp3) is 0.357.